The standard InChI is InChI=1S/C20H28N4O3/c25-12-11-24-9-7-23(8-10-24)6-5-22-15-18-19(26)13-17(14-20(18)27)16-1-3-21-4-2-16/h1-4,15,17,25-26H,5-14H2. The van der Waals surface area contributed by atoms with Crippen LogP contribution < -0.4 is 0 Å². The number of piperazine rings is 1. The van der Waals surface area contributed by atoms with Crippen molar-refractivity contribution in [3.63, 3.8) is 0 Å². The number of hydrogen-bond acceptors (Lipinski definition) is 7. The average Bonchev–Trinajstić information content (AvgIpc) is 2.69. The molecule has 0 radical (unpaired) electrons. The van der Waals surface area contributed by atoms with Gasteiger partial charge in [0, 0.05) is 70.7 Å². The summed E-state index contributed by atoms with van der Waals surface area (Å²) in [6.07, 6.45) is 5.82. The number of carbonyl (C=O) groups is 1. The van der Waals surface area contributed by atoms with Crippen LogP contribution in [0.25, 0.3) is 0 Å². The van der Waals surface area contributed by atoms with Gasteiger partial charge in [-0.3, -0.25) is 24.6 Å². The van der Waals surface area contributed by atoms with Gasteiger partial charge < -0.3 is 10.2 Å². The summed E-state index contributed by atoms with van der Waals surface area (Å²) in [6.45, 7) is 6.26. The molecular formula is C20H28N4O3. The number of carbonyl (C=O) groups excluding carboxylic acids is 1. The Morgan fingerprint density at radius 1 is 1.11 bits per heavy atom. The molecule has 7 heteroatoms. The molecule has 2 aliphatic rings. The van der Waals surface area contributed by atoms with Crippen molar-refractivity contribution in [3.05, 3.63) is 41.4 Å². The zero-order chi connectivity index (χ0) is 19.1. The van der Waals surface area contributed by atoms with Gasteiger partial charge in [0.05, 0.1) is 18.7 Å². The Morgan fingerprint density at radius 3 is 2.41 bits per heavy atom. The van der Waals surface area contributed by atoms with Crippen molar-refractivity contribution in [2.45, 2.75) is 18.8 Å². The maximum atomic E-state index is 12.4. The number of nitrogens with zero attached hydrogens (tertiary/aromatic N) is 4. The minimum absolute atomic E-state index is 0.00728. The Hall–Kier alpha value is -2.09. The Bertz CT molecular complexity index is 682. The van der Waals surface area contributed by atoms with E-state index in [-0.39, 0.29) is 24.1 Å². The van der Waals surface area contributed by atoms with Crippen molar-refractivity contribution >= 4 is 12.0 Å². The summed E-state index contributed by atoms with van der Waals surface area (Å²) in [5.41, 5.74) is 1.38. The van der Waals surface area contributed by atoms with E-state index in [0.717, 1.165) is 44.8 Å². The third-order valence-electron chi connectivity index (χ3n) is 5.31. The summed E-state index contributed by atoms with van der Waals surface area (Å²) in [4.78, 5) is 25.4. The second-order valence-electron chi connectivity index (χ2n) is 7.11. The van der Waals surface area contributed by atoms with Gasteiger partial charge in [-0.2, -0.15) is 0 Å². The van der Waals surface area contributed by atoms with E-state index in [9.17, 15) is 9.90 Å². The Labute approximate surface area is 160 Å². The molecule has 2 heterocycles. The molecule has 1 atom stereocenters. The van der Waals surface area contributed by atoms with Crippen LogP contribution in [-0.2, 0) is 4.79 Å². The molecule has 0 amide bonds. The minimum Gasteiger partial charge on any atom is -0.511 e. The van der Waals surface area contributed by atoms with Crippen LogP contribution in [0.5, 0.6) is 0 Å². The fourth-order valence-electron chi connectivity index (χ4n) is 3.66. The van der Waals surface area contributed by atoms with Crippen molar-refractivity contribution in [2.75, 3.05) is 52.4 Å². The lowest BCUT2D eigenvalue weighted by atomic mass is 9.83. The van der Waals surface area contributed by atoms with Gasteiger partial charge in [-0.1, -0.05) is 0 Å². The molecule has 1 unspecified atom stereocenters. The molecule has 0 aromatic carbocycles. The SMILES string of the molecule is O=C1CC(c2ccncc2)CC(O)=C1C=NCCN1CCN(CCO)CC1. The number of β-amino-alcohol motifs (C(OH)–C–C–N with tert-alkyl or cyclic N) is 1. The fraction of sp³-hybridized carbons (Fsp3) is 0.550. The van der Waals surface area contributed by atoms with Gasteiger partial charge in [-0.15, -0.1) is 0 Å². The second kappa shape index (κ2) is 9.73. The van der Waals surface area contributed by atoms with Crippen LogP contribution in [0, 0.1) is 0 Å². The van der Waals surface area contributed by atoms with E-state index in [1.54, 1.807) is 18.6 Å². The topological polar surface area (TPSA) is 89.3 Å². The molecule has 1 saturated heterocycles. The van der Waals surface area contributed by atoms with Gasteiger partial charge in [0.15, 0.2) is 5.78 Å². The van der Waals surface area contributed by atoms with E-state index in [0.29, 0.717) is 25.0 Å². The predicted octanol–water partition coefficient (Wildman–Crippen LogP) is 1.02. The lowest BCUT2D eigenvalue weighted by Crippen LogP contribution is -2.47. The largest absolute Gasteiger partial charge is 0.511 e. The number of rotatable bonds is 7. The van der Waals surface area contributed by atoms with E-state index in [2.05, 4.69) is 19.8 Å². The third kappa shape index (κ3) is 5.45. The first-order valence-electron chi connectivity index (χ1n) is 9.58. The highest BCUT2D eigenvalue weighted by atomic mass is 16.3. The molecule has 0 spiro atoms. The molecule has 1 aromatic rings. The summed E-state index contributed by atoms with van der Waals surface area (Å²) in [7, 11) is 0. The summed E-state index contributed by atoms with van der Waals surface area (Å²) in [5.74, 6) is 0.0872. The highest BCUT2D eigenvalue weighted by molar-refractivity contribution is 6.14. The Kier molecular flexibility index (Phi) is 7.09. The number of hydrogen-bond donors (Lipinski definition) is 2. The van der Waals surface area contributed by atoms with Crippen molar-refractivity contribution in [3.8, 4) is 0 Å². The van der Waals surface area contributed by atoms with Gasteiger partial charge >= 0.3 is 0 Å². The number of Topliss-reactive ketones (excluding diaryl/α,β-unsaturated/α-hetero) is 1. The van der Waals surface area contributed by atoms with Crippen LogP contribution in [0.2, 0.25) is 0 Å². The molecule has 2 N–H and O–H groups in total. The average molecular weight is 372 g/mol. The van der Waals surface area contributed by atoms with Crippen molar-refractivity contribution in [2.24, 2.45) is 4.99 Å². The first-order chi connectivity index (χ1) is 13.2. The minimum atomic E-state index is -0.0538. The van der Waals surface area contributed by atoms with Crippen LogP contribution in [0.4, 0.5) is 0 Å². The number of allylic oxidation sites excluding steroid dienone is 2. The Balaban J connectivity index is 1.48. The molecule has 3 rings (SSSR count). The zero-order valence-electron chi connectivity index (χ0n) is 15.6. The van der Waals surface area contributed by atoms with Gasteiger partial charge in [0.2, 0.25) is 0 Å². The van der Waals surface area contributed by atoms with Crippen molar-refractivity contribution in [1.82, 2.24) is 14.8 Å². The van der Waals surface area contributed by atoms with Crippen LogP contribution in [0.3, 0.4) is 0 Å². The lowest BCUT2D eigenvalue weighted by molar-refractivity contribution is -0.116. The van der Waals surface area contributed by atoms with Gasteiger partial charge in [0.1, 0.15) is 5.76 Å². The van der Waals surface area contributed by atoms with E-state index < -0.39 is 0 Å². The molecule has 146 valence electrons. The van der Waals surface area contributed by atoms with Crippen molar-refractivity contribution < 1.29 is 15.0 Å². The molecular weight excluding hydrogens is 344 g/mol. The van der Waals surface area contributed by atoms with Crippen LogP contribution in [0.1, 0.15) is 24.3 Å². The second-order valence-corrected chi connectivity index (χ2v) is 7.11. The van der Waals surface area contributed by atoms with Crippen LogP contribution >= 0.6 is 0 Å². The van der Waals surface area contributed by atoms with Crippen molar-refractivity contribution in [1.29, 1.82) is 0 Å². The monoisotopic (exact) mass is 372 g/mol. The van der Waals surface area contributed by atoms with Crippen LogP contribution in [-0.4, -0.2) is 89.4 Å². The summed E-state index contributed by atoms with van der Waals surface area (Å²) in [5, 5.41) is 19.3. The molecule has 1 aliphatic heterocycles. The smallest absolute Gasteiger partial charge is 0.168 e. The quantitative estimate of drug-likeness (QED) is 0.695. The van der Waals surface area contributed by atoms with E-state index in [4.69, 9.17) is 5.11 Å². The molecule has 1 aliphatic carbocycles. The first-order valence-corrected chi connectivity index (χ1v) is 9.58. The lowest BCUT2D eigenvalue weighted by Gasteiger charge is -2.33. The van der Waals surface area contributed by atoms with E-state index in [1.165, 1.54) is 0 Å². The van der Waals surface area contributed by atoms with Gasteiger partial charge in [-0.05, 0) is 23.6 Å². The Morgan fingerprint density at radius 2 is 1.78 bits per heavy atom. The normalized spacial score (nSPS) is 22.7. The maximum Gasteiger partial charge on any atom is 0.168 e. The number of ketones is 1. The van der Waals surface area contributed by atoms with Gasteiger partial charge in [-0.25, -0.2) is 0 Å². The predicted molar refractivity (Wildman–Crippen MR) is 104 cm³/mol. The van der Waals surface area contributed by atoms with Crippen LogP contribution in [0.15, 0.2) is 40.9 Å². The molecule has 1 aromatic heterocycles. The molecule has 1 fully saturated rings. The summed E-state index contributed by atoms with van der Waals surface area (Å²) >= 11 is 0. The zero-order valence-corrected chi connectivity index (χ0v) is 15.6. The molecule has 27 heavy (non-hydrogen) atoms. The van der Waals surface area contributed by atoms with E-state index >= 15 is 0 Å². The summed E-state index contributed by atoms with van der Waals surface area (Å²) < 4.78 is 0. The molecule has 7 nitrogen and oxygen atoms in total. The number of aromatic nitrogens is 1. The maximum absolute atomic E-state index is 12.4. The summed E-state index contributed by atoms with van der Waals surface area (Å²) in [6, 6.07) is 3.79. The highest BCUT2D eigenvalue weighted by Gasteiger charge is 2.27. The number of pyridine rings is 1. The number of aliphatic imine (C=N–C) groups is 1. The molecule has 0 bridgehead atoms. The number of aliphatic hydroxyl groups excluding tert-OH is 2. The molecule has 0 saturated carbocycles. The van der Waals surface area contributed by atoms with E-state index in [1.807, 2.05) is 12.1 Å². The van der Waals surface area contributed by atoms with Gasteiger partial charge in [0.25, 0.3) is 0 Å². The first kappa shape index (κ1) is 19.7. The highest BCUT2D eigenvalue weighted by Crippen LogP contribution is 2.32. The third-order valence-corrected chi connectivity index (χ3v) is 5.31. The fourth-order valence-corrected chi connectivity index (χ4v) is 3.66. The number of aliphatic hydroxyl groups is 2.